The van der Waals surface area contributed by atoms with Crippen LogP contribution in [-0.2, 0) is 9.53 Å². The maximum Gasteiger partial charge on any atom is 0.305 e. The Labute approximate surface area is 127 Å². The molecule has 2 aromatic rings. The number of furan rings is 1. The first-order chi connectivity index (χ1) is 10.7. The Balaban J connectivity index is 1.66. The summed E-state index contributed by atoms with van der Waals surface area (Å²) >= 11 is 0. The molecule has 0 radical (unpaired) electrons. The summed E-state index contributed by atoms with van der Waals surface area (Å²) in [5.41, 5.74) is 6.30. The number of benzene rings is 1. The molecule has 6 heteroatoms. The Morgan fingerprint density at radius 2 is 1.86 bits per heavy atom. The molecule has 3 rings (SSSR count). The second kappa shape index (κ2) is 6.19. The van der Waals surface area contributed by atoms with Crippen LogP contribution in [-0.4, -0.2) is 25.0 Å². The lowest BCUT2D eigenvalue weighted by atomic mass is 10.00. The summed E-state index contributed by atoms with van der Waals surface area (Å²) in [6.07, 6.45) is 1.34. The number of aryl methyl sites for hydroxylation is 1. The molecule has 0 aliphatic carbocycles. The zero-order valence-electron chi connectivity index (χ0n) is 12.3. The lowest BCUT2D eigenvalue weighted by Crippen LogP contribution is -2.45. The second-order valence-electron chi connectivity index (χ2n) is 5.38. The van der Waals surface area contributed by atoms with Crippen LogP contribution in [0.1, 0.15) is 29.0 Å². The molecular weight excluding hydrogens is 284 g/mol. The van der Waals surface area contributed by atoms with E-state index < -0.39 is 5.91 Å². The molecule has 0 unspecified atom stereocenters. The number of rotatable bonds is 2. The fourth-order valence-electron chi connectivity index (χ4n) is 2.63. The van der Waals surface area contributed by atoms with Gasteiger partial charge in [0, 0.05) is 30.1 Å². The summed E-state index contributed by atoms with van der Waals surface area (Å²) in [5, 5.41) is 0.892. The molecule has 2 N–H and O–H groups in total. The monoisotopic (exact) mass is 302 g/mol. The first-order valence-electron chi connectivity index (χ1n) is 7.33. The highest BCUT2D eigenvalue weighted by Crippen LogP contribution is 2.24. The highest BCUT2D eigenvalue weighted by atomic mass is 16.5. The van der Waals surface area contributed by atoms with Crippen LogP contribution in [0.15, 0.2) is 28.7 Å². The normalized spacial score (nSPS) is 15.7. The van der Waals surface area contributed by atoms with Crippen molar-refractivity contribution in [1.82, 2.24) is 10.9 Å². The maximum atomic E-state index is 12.2. The first-order valence-corrected chi connectivity index (χ1v) is 7.33. The van der Waals surface area contributed by atoms with Crippen LogP contribution in [0.5, 0.6) is 0 Å². The van der Waals surface area contributed by atoms with Gasteiger partial charge in [-0.3, -0.25) is 20.4 Å². The average Bonchev–Trinajstić information content (AvgIpc) is 2.90. The molecule has 2 heterocycles. The van der Waals surface area contributed by atoms with E-state index in [-0.39, 0.29) is 17.6 Å². The molecule has 1 aromatic carbocycles. The minimum absolute atomic E-state index is 0.120. The van der Waals surface area contributed by atoms with Crippen LogP contribution in [0.25, 0.3) is 11.0 Å². The van der Waals surface area contributed by atoms with Crippen molar-refractivity contribution in [2.75, 3.05) is 13.2 Å². The van der Waals surface area contributed by atoms with Gasteiger partial charge in [0.2, 0.25) is 5.91 Å². The van der Waals surface area contributed by atoms with Gasteiger partial charge >= 0.3 is 5.91 Å². The van der Waals surface area contributed by atoms with Crippen LogP contribution >= 0.6 is 0 Å². The molecule has 22 heavy (non-hydrogen) atoms. The lowest BCUT2D eigenvalue weighted by molar-refractivity contribution is -0.128. The van der Waals surface area contributed by atoms with Crippen molar-refractivity contribution in [3.05, 3.63) is 35.6 Å². The third kappa shape index (κ3) is 2.82. The first kappa shape index (κ1) is 14.6. The molecule has 1 aliphatic heterocycles. The molecule has 1 aromatic heterocycles. The molecule has 0 saturated carbocycles. The quantitative estimate of drug-likeness (QED) is 0.831. The summed E-state index contributed by atoms with van der Waals surface area (Å²) in [5.74, 6) is -0.543. The summed E-state index contributed by atoms with van der Waals surface area (Å²) in [4.78, 5) is 24.2. The van der Waals surface area contributed by atoms with Gasteiger partial charge in [0.15, 0.2) is 5.76 Å². The smallest absolute Gasteiger partial charge is 0.305 e. The number of amides is 2. The fraction of sp³-hybridized carbons (Fsp3) is 0.375. The molecule has 1 fully saturated rings. The molecule has 1 aliphatic rings. The molecule has 0 bridgehead atoms. The van der Waals surface area contributed by atoms with Crippen molar-refractivity contribution in [1.29, 1.82) is 0 Å². The van der Waals surface area contributed by atoms with Crippen LogP contribution in [0.4, 0.5) is 0 Å². The van der Waals surface area contributed by atoms with Crippen molar-refractivity contribution in [3.8, 4) is 0 Å². The Kier molecular flexibility index (Phi) is 4.11. The molecule has 2 amide bonds. The van der Waals surface area contributed by atoms with E-state index in [9.17, 15) is 9.59 Å². The van der Waals surface area contributed by atoms with Gasteiger partial charge in [0.05, 0.1) is 0 Å². The fourth-order valence-corrected chi connectivity index (χ4v) is 2.63. The zero-order valence-corrected chi connectivity index (χ0v) is 12.3. The van der Waals surface area contributed by atoms with E-state index in [1.54, 1.807) is 6.07 Å². The van der Waals surface area contributed by atoms with E-state index >= 15 is 0 Å². The van der Waals surface area contributed by atoms with Gasteiger partial charge in [-0.05, 0) is 25.8 Å². The number of hydrogen-bond donors (Lipinski definition) is 2. The average molecular weight is 302 g/mol. The van der Waals surface area contributed by atoms with E-state index in [1.165, 1.54) is 0 Å². The van der Waals surface area contributed by atoms with Gasteiger partial charge in [0.1, 0.15) is 5.58 Å². The van der Waals surface area contributed by atoms with E-state index in [0.29, 0.717) is 31.6 Å². The number of hydrazine groups is 1. The van der Waals surface area contributed by atoms with Crippen LogP contribution in [0.2, 0.25) is 0 Å². The minimum atomic E-state index is -0.450. The van der Waals surface area contributed by atoms with Crippen molar-refractivity contribution < 1.29 is 18.7 Å². The Morgan fingerprint density at radius 3 is 2.59 bits per heavy atom. The molecule has 6 nitrogen and oxygen atoms in total. The Morgan fingerprint density at radius 1 is 1.14 bits per heavy atom. The third-order valence-corrected chi connectivity index (χ3v) is 3.94. The minimum Gasteiger partial charge on any atom is -0.451 e. The molecule has 0 atom stereocenters. The zero-order chi connectivity index (χ0) is 15.5. The highest BCUT2D eigenvalue weighted by molar-refractivity contribution is 5.99. The van der Waals surface area contributed by atoms with Gasteiger partial charge in [-0.2, -0.15) is 0 Å². The lowest BCUT2D eigenvalue weighted by Gasteiger charge is -2.21. The summed E-state index contributed by atoms with van der Waals surface area (Å²) in [6, 6.07) is 7.44. The Hall–Kier alpha value is -2.34. The van der Waals surface area contributed by atoms with Crippen molar-refractivity contribution >= 4 is 22.8 Å². The predicted molar refractivity (Wildman–Crippen MR) is 80.1 cm³/mol. The number of ether oxygens (including phenoxy) is 1. The van der Waals surface area contributed by atoms with Gasteiger partial charge in [-0.25, -0.2) is 0 Å². The standard InChI is InChI=1S/C16H18N2O4/c1-10-12-4-2-3-5-13(12)22-14(10)16(20)18-17-15(19)11-6-8-21-9-7-11/h2-5,11H,6-9H2,1H3,(H,17,19)(H,18,20). The number of carbonyl (C=O) groups excluding carboxylic acids is 2. The van der Waals surface area contributed by atoms with E-state index in [0.717, 1.165) is 10.9 Å². The highest BCUT2D eigenvalue weighted by Gasteiger charge is 2.23. The van der Waals surface area contributed by atoms with E-state index in [4.69, 9.17) is 9.15 Å². The van der Waals surface area contributed by atoms with Gasteiger partial charge in [0.25, 0.3) is 0 Å². The number of carbonyl (C=O) groups is 2. The maximum absolute atomic E-state index is 12.2. The van der Waals surface area contributed by atoms with E-state index in [1.807, 2.05) is 25.1 Å². The van der Waals surface area contributed by atoms with Gasteiger partial charge < -0.3 is 9.15 Å². The van der Waals surface area contributed by atoms with Crippen LogP contribution < -0.4 is 10.9 Å². The largest absolute Gasteiger partial charge is 0.451 e. The third-order valence-electron chi connectivity index (χ3n) is 3.94. The SMILES string of the molecule is Cc1c(C(=O)NNC(=O)C2CCOCC2)oc2ccccc12. The molecule has 116 valence electrons. The molecular formula is C16H18N2O4. The van der Waals surface area contributed by atoms with Crippen molar-refractivity contribution in [3.63, 3.8) is 0 Å². The second-order valence-corrected chi connectivity index (χ2v) is 5.38. The van der Waals surface area contributed by atoms with Gasteiger partial charge in [-0.15, -0.1) is 0 Å². The molecule has 0 spiro atoms. The molecule has 1 saturated heterocycles. The van der Waals surface area contributed by atoms with Gasteiger partial charge in [-0.1, -0.05) is 18.2 Å². The topological polar surface area (TPSA) is 80.6 Å². The Bertz CT molecular complexity index is 701. The van der Waals surface area contributed by atoms with Crippen molar-refractivity contribution in [2.45, 2.75) is 19.8 Å². The number of hydrogen-bond acceptors (Lipinski definition) is 4. The number of fused-ring (bicyclic) bond motifs is 1. The summed E-state index contributed by atoms with van der Waals surface area (Å²) in [7, 11) is 0. The predicted octanol–water partition coefficient (Wildman–Crippen LogP) is 1.93. The van der Waals surface area contributed by atoms with Crippen LogP contribution in [0, 0.1) is 12.8 Å². The summed E-state index contributed by atoms with van der Waals surface area (Å²) < 4.78 is 10.8. The number of para-hydroxylation sites is 1. The van der Waals surface area contributed by atoms with Crippen molar-refractivity contribution in [2.24, 2.45) is 5.92 Å². The number of nitrogens with one attached hydrogen (secondary N) is 2. The van der Waals surface area contributed by atoms with E-state index in [2.05, 4.69) is 10.9 Å². The van der Waals surface area contributed by atoms with Crippen LogP contribution in [0.3, 0.4) is 0 Å². The summed E-state index contributed by atoms with van der Waals surface area (Å²) in [6.45, 7) is 2.98.